The number of hydrogen-bond acceptors (Lipinski definition) is 5. The first-order chi connectivity index (χ1) is 11.7. The number of hydrogen-bond donors (Lipinski definition) is 2. The molecule has 0 radical (unpaired) electrons. The molecule has 1 unspecified atom stereocenters. The van der Waals surface area contributed by atoms with Gasteiger partial charge in [0.15, 0.2) is 0 Å². The first-order valence-corrected chi connectivity index (χ1v) is 11.1. The van der Waals surface area contributed by atoms with Crippen molar-refractivity contribution in [3.63, 3.8) is 0 Å². The van der Waals surface area contributed by atoms with E-state index >= 15 is 0 Å². The van der Waals surface area contributed by atoms with Crippen molar-refractivity contribution in [1.29, 1.82) is 0 Å². The molecule has 1 aromatic carbocycles. The third-order valence-corrected chi connectivity index (χ3v) is 7.28. The minimum atomic E-state index is -3.93. The van der Waals surface area contributed by atoms with Gasteiger partial charge in [-0.05, 0) is 43.5 Å². The van der Waals surface area contributed by atoms with E-state index in [9.17, 15) is 21.6 Å². The van der Waals surface area contributed by atoms with Gasteiger partial charge in [0.2, 0.25) is 20.0 Å². The molecule has 25 heavy (non-hydrogen) atoms. The van der Waals surface area contributed by atoms with Gasteiger partial charge in [0.1, 0.15) is 6.04 Å². The van der Waals surface area contributed by atoms with E-state index in [2.05, 4.69) is 4.72 Å². The van der Waals surface area contributed by atoms with Crippen molar-refractivity contribution < 1.29 is 26.7 Å². The Labute approximate surface area is 147 Å². The van der Waals surface area contributed by atoms with E-state index in [1.54, 1.807) is 0 Å². The lowest BCUT2D eigenvalue weighted by atomic mass is 10.2. The number of nitrogens with one attached hydrogen (secondary N) is 1. The van der Waals surface area contributed by atoms with Crippen LogP contribution in [0.1, 0.15) is 32.6 Å². The first-order valence-electron chi connectivity index (χ1n) is 8.02. The van der Waals surface area contributed by atoms with Gasteiger partial charge < -0.3 is 5.11 Å². The Balaban J connectivity index is 2.17. The predicted octanol–water partition coefficient (Wildman–Crippen LogP) is 1.47. The lowest BCUT2D eigenvalue weighted by molar-refractivity contribution is -0.140. The van der Waals surface area contributed by atoms with Crippen molar-refractivity contribution >= 4 is 31.7 Å². The van der Waals surface area contributed by atoms with Crippen LogP contribution in [0.3, 0.4) is 0 Å². The van der Waals surface area contributed by atoms with Crippen LogP contribution in [0.2, 0.25) is 0 Å². The normalized spacial score (nSPS) is 19.0. The zero-order valence-electron chi connectivity index (χ0n) is 13.9. The summed E-state index contributed by atoms with van der Waals surface area (Å²) in [6, 6.07) is 4.23. The zero-order valence-corrected chi connectivity index (χ0v) is 15.5. The molecule has 1 heterocycles. The maximum atomic E-state index is 12.6. The van der Waals surface area contributed by atoms with Gasteiger partial charge in [-0.15, -0.1) is 0 Å². The fraction of sp³-hybridized carbons (Fsp3) is 0.533. The highest BCUT2D eigenvalue weighted by atomic mass is 32.2. The number of unbranched alkanes of at least 4 members (excludes halogenated alkanes) is 1. The second-order valence-electron chi connectivity index (χ2n) is 5.91. The molecule has 0 aliphatic carbocycles. The number of carboxylic acid groups (broad SMARTS) is 1. The SMILES string of the molecule is CCCCS(=O)(=O)Nc1ccc(S(=O)(=O)N2CCCC2C(=O)O)cc1. The van der Waals surface area contributed by atoms with Crippen LogP contribution in [0.4, 0.5) is 5.69 Å². The van der Waals surface area contributed by atoms with Crippen LogP contribution >= 0.6 is 0 Å². The van der Waals surface area contributed by atoms with Crippen molar-refractivity contribution in [3.8, 4) is 0 Å². The molecule has 1 aliphatic rings. The van der Waals surface area contributed by atoms with E-state index in [4.69, 9.17) is 5.11 Å². The van der Waals surface area contributed by atoms with Crippen molar-refractivity contribution in [2.24, 2.45) is 0 Å². The van der Waals surface area contributed by atoms with Crippen LogP contribution in [0.15, 0.2) is 29.2 Å². The van der Waals surface area contributed by atoms with Crippen LogP contribution in [0.25, 0.3) is 0 Å². The second-order valence-corrected chi connectivity index (χ2v) is 9.64. The lowest BCUT2D eigenvalue weighted by Gasteiger charge is -2.21. The largest absolute Gasteiger partial charge is 0.480 e. The maximum Gasteiger partial charge on any atom is 0.322 e. The molecule has 10 heteroatoms. The molecule has 0 saturated carbocycles. The van der Waals surface area contributed by atoms with E-state index in [-0.39, 0.29) is 29.3 Å². The average molecular weight is 390 g/mol. The average Bonchev–Trinajstić information content (AvgIpc) is 3.04. The summed E-state index contributed by atoms with van der Waals surface area (Å²) in [6.45, 7) is 2.04. The van der Waals surface area contributed by atoms with Gasteiger partial charge in [-0.25, -0.2) is 16.8 Å². The third kappa shape index (κ3) is 4.71. The Morgan fingerprint density at radius 1 is 1.24 bits per heavy atom. The van der Waals surface area contributed by atoms with E-state index < -0.39 is 32.1 Å². The van der Waals surface area contributed by atoms with Crippen molar-refractivity contribution in [2.45, 2.75) is 43.5 Å². The maximum absolute atomic E-state index is 12.6. The molecule has 0 spiro atoms. The van der Waals surface area contributed by atoms with E-state index in [1.807, 2.05) is 6.92 Å². The van der Waals surface area contributed by atoms with Gasteiger partial charge in [-0.2, -0.15) is 4.31 Å². The van der Waals surface area contributed by atoms with Crippen LogP contribution in [0.5, 0.6) is 0 Å². The molecule has 0 aromatic heterocycles. The lowest BCUT2D eigenvalue weighted by Crippen LogP contribution is -2.40. The first kappa shape index (κ1) is 19.7. The standard InChI is InChI=1S/C15H22N2O6S2/c1-2-3-11-24(20,21)16-12-6-8-13(9-7-12)25(22,23)17-10-4-5-14(17)15(18)19/h6-9,14,16H,2-5,10-11H2,1H3,(H,18,19). The number of aliphatic carboxylic acids is 1. The van der Waals surface area contributed by atoms with E-state index in [0.29, 0.717) is 12.8 Å². The van der Waals surface area contributed by atoms with E-state index in [1.165, 1.54) is 24.3 Å². The third-order valence-electron chi connectivity index (χ3n) is 3.99. The summed E-state index contributed by atoms with van der Waals surface area (Å²) in [7, 11) is -7.40. The molecular formula is C15H22N2O6S2. The van der Waals surface area contributed by atoms with Crippen LogP contribution in [0, 0.1) is 0 Å². The highest BCUT2D eigenvalue weighted by Gasteiger charge is 2.39. The summed E-state index contributed by atoms with van der Waals surface area (Å²) >= 11 is 0. The Morgan fingerprint density at radius 2 is 1.88 bits per heavy atom. The number of anilines is 1. The molecule has 8 nitrogen and oxygen atoms in total. The number of nitrogens with zero attached hydrogens (tertiary/aromatic N) is 1. The molecule has 140 valence electrons. The molecule has 1 fully saturated rings. The van der Waals surface area contributed by atoms with Gasteiger partial charge in [-0.3, -0.25) is 9.52 Å². The minimum absolute atomic E-state index is 0.00236. The highest BCUT2D eigenvalue weighted by molar-refractivity contribution is 7.92. The zero-order chi connectivity index (χ0) is 18.7. The van der Waals surface area contributed by atoms with Gasteiger partial charge in [0.05, 0.1) is 10.6 Å². The van der Waals surface area contributed by atoms with Crippen molar-refractivity contribution in [2.75, 3.05) is 17.0 Å². The summed E-state index contributed by atoms with van der Waals surface area (Å²) in [5, 5.41) is 9.15. The molecule has 1 aromatic rings. The van der Waals surface area contributed by atoms with Gasteiger partial charge in [0.25, 0.3) is 0 Å². The summed E-state index contributed by atoms with van der Waals surface area (Å²) < 4.78 is 52.3. The molecule has 2 N–H and O–H groups in total. The molecule has 1 aliphatic heterocycles. The second kappa shape index (κ2) is 7.71. The fourth-order valence-electron chi connectivity index (χ4n) is 2.67. The number of rotatable bonds is 8. The van der Waals surface area contributed by atoms with Gasteiger partial charge >= 0.3 is 5.97 Å². The number of sulfonamides is 2. The quantitative estimate of drug-likeness (QED) is 0.693. The topological polar surface area (TPSA) is 121 Å². The number of carbonyl (C=O) groups is 1. The number of benzene rings is 1. The summed E-state index contributed by atoms with van der Waals surface area (Å²) in [4.78, 5) is 11.1. The van der Waals surface area contributed by atoms with E-state index in [0.717, 1.165) is 10.7 Å². The van der Waals surface area contributed by atoms with Gasteiger partial charge in [0, 0.05) is 12.2 Å². The molecular weight excluding hydrogens is 368 g/mol. The number of carboxylic acids is 1. The predicted molar refractivity (Wildman–Crippen MR) is 93.3 cm³/mol. The highest BCUT2D eigenvalue weighted by Crippen LogP contribution is 2.27. The molecule has 0 amide bonds. The monoisotopic (exact) mass is 390 g/mol. The van der Waals surface area contributed by atoms with Crippen LogP contribution in [-0.4, -0.2) is 50.6 Å². The smallest absolute Gasteiger partial charge is 0.322 e. The molecule has 1 saturated heterocycles. The van der Waals surface area contributed by atoms with Crippen molar-refractivity contribution in [1.82, 2.24) is 4.31 Å². The van der Waals surface area contributed by atoms with Crippen LogP contribution < -0.4 is 4.72 Å². The summed E-state index contributed by atoms with van der Waals surface area (Å²) in [5.74, 6) is -1.17. The fourth-order valence-corrected chi connectivity index (χ4v) is 5.59. The Hall–Kier alpha value is -1.65. The molecule has 1 atom stereocenters. The van der Waals surface area contributed by atoms with Gasteiger partial charge in [-0.1, -0.05) is 13.3 Å². The molecule has 2 rings (SSSR count). The Bertz CT molecular complexity index is 818. The Kier molecular flexibility index (Phi) is 6.07. The van der Waals surface area contributed by atoms with Crippen molar-refractivity contribution in [3.05, 3.63) is 24.3 Å². The minimum Gasteiger partial charge on any atom is -0.480 e. The Morgan fingerprint density at radius 3 is 2.44 bits per heavy atom. The van der Waals surface area contributed by atoms with Crippen LogP contribution in [-0.2, 0) is 24.8 Å². The summed E-state index contributed by atoms with van der Waals surface area (Å²) in [5.41, 5.74) is 0.270. The summed E-state index contributed by atoms with van der Waals surface area (Å²) in [6.07, 6.45) is 2.06. The molecule has 0 bridgehead atoms.